The van der Waals surface area contributed by atoms with Crippen LogP contribution in [0.15, 0.2) is 60.8 Å². The van der Waals surface area contributed by atoms with Crippen LogP contribution >= 0.6 is 0 Å². The molecule has 1 radical (unpaired) electrons. The smallest absolute Gasteiger partial charge is 0.339 e. The molecule has 0 unspecified atom stereocenters. The number of nitrogens with zero attached hydrogens (tertiary/aromatic N) is 1. The van der Waals surface area contributed by atoms with Crippen LogP contribution < -0.4 is 10.2 Å². The van der Waals surface area contributed by atoms with Crippen LogP contribution in [-0.4, -0.2) is 41.9 Å². The molecule has 0 spiro atoms. The zero-order valence-corrected chi connectivity index (χ0v) is 20.9. The van der Waals surface area contributed by atoms with Gasteiger partial charge in [-0.2, -0.15) is 0 Å². The Morgan fingerprint density at radius 2 is 1.75 bits per heavy atom. The summed E-state index contributed by atoms with van der Waals surface area (Å²) in [6.45, 7) is 6.78. The molecule has 1 N–H and O–H groups in total. The fourth-order valence-corrected chi connectivity index (χ4v) is 3.15. The first-order valence-electron chi connectivity index (χ1n) is 11.3. The molecule has 9 heteroatoms. The third kappa shape index (κ3) is 6.47. The van der Waals surface area contributed by atoms with Crippen LogP contribution in [0.3, 0.4) is 0 Å². The van der Waals surface area contributed by atoms with Gasteiger partial charge in [0, 0.05) is 5.56 Å². The number of alkyl halides is 2. The highest BCUT2D eigenvalue weighted by atomic mass is 19.3. The number of carbonyl (C=O) groups excluding carboxylic acids is 1. The molecular formula is C27H29BF2NO5. The summed E-state index contributed by atoms with van der Waals surface area (Å²) < 4.78 is 43.6. The number of aliphatic hydroxyl groups is 1. The summed E-state index contributed by atoms with van der Waals surface area (Å²) in [5, 5.41) is 10.4. The van der Waals surface area contributed by atoms with Crippen LogP contribution in [-0.2, 0) is 16.0 Å². The lowest BCUT2D eigenvalue weighted by Gasteiger charge is -2.37. The SMILES string of the molecule is COc1cnc(C(F)F)cc1-c1cc([B]OC(C)(C)C(C)(C)O)ccc1C(=O)OCc1ccccc1. The quantitative estimate of drug-likeness (QED) is 0.319. The number of rotatable bonds is 10. The van der Waals surface area contributed by atoms with Crippen molar-refractivity contribution in [1.29, 1.82) is 0 Å². The minimum absolute atomic E-state index is 0.0473. The average Bonchev–Trinajstić information content (AvgIpc) is 2.85. The fraction of sp³-hybridized carbons (Fsp3) is 0.333. The lowest BCUT2D eigenvalue weighted by molar-refractivity contribution is -0.0893. The van der Waals surface area contributed by atoms with Crippen molar-refractivity contribution in [2.75, 3.05) is 7.11 Å². The van der Waals surface area contributed by atoms with Crippen LogP contribution in [0.25, 0.3) is 11.1 Å². The molecule has 189 valence electrons. The van der Waals surface area contributed by atoms with Gasteiger partial charge in [0.05, 0.1) is 30.1 Å². The maximum Gasteiger partial charge on any atom is 0.339 e. The predicted octanol–water partition coefficient (Wildman–Crippen LogP) is 4.86. The molecular weight excluding hydrogens is 467 g/mol. The largest absolute Gasteiger partial charge is 0.494 e. The Bertz CT molecular complexity index is 1200. The summed E-state index contributed by atoms with van der Waals surface area (Å²) in [6, 6.07) is 15.2. The highest BCUT2D eigenvalue weighted by Crippen LogP contribution is 2.34. The monoisotopic (exact) mass is 496 g/mol. The molecule has 3 rings (SSSR count). The number of methoxy groups -OCH3 is 1. The van der Waals surface area contributed by atoms with Crippen LogP contribution in [0.5, 0.6) is 5.75 Å². The molecule has 0 atom stereocenters. The van der Waals surface area contributed by atoms with E-state index in [1.54, 1.807) is 39.8 Å². The number of esters is 1. The van der Waals surface area contributed by atoms with Crippen molar-refractivity contribution >= 4 is 18.9 Å². The van der Waals surface area contributed by atoms with Gasteiger partial charge in [-0.15, -0.1) is 0 Å². The summed E-state index contributed by atoms with van der Waals surface area (Å²) in [6.07, 6.45) is -1.62. The zero-order chi connectivity index (χ0) is 26.5. The van der Waals surface area contributed by atoms with Gasteiger partial charge in [0.1, 0.15) is 18.1 Å². The fourth-order valence-electron chi connectivity index (χ4n) is 3.15. The second-order valence-corrected chi connectivity index (χ2v) is 9.28. The molecule has 36 heavy (non-hydrogen) atoms. The maximum atomic E-state index is 13.5. The number of ether oxygens (including phenoxy) is 2. The van der Waals surface area contributed by atoms with E-state index in [1.165, 1.54) is 32.9 Å². The average molecular weight is 496 g/mol. The Kier molecular flexibility index (Phi) is 8.48. The molecule has 1 heterocycles. The number of hydrogen-bond donors (Lipinski definition) is 1. The van der Waals surface area contributed by atoms with Crippen molar-refractivity contribution in [2.45, 2.75) is 51.9 Å². The molecule has 0 saturated carbocycles. The van der Waals surface area contributed by atoms with E-state index in [4.69, 9.17) is 14.1 Å². The van der Waals surface area contributed by atoms with E-state index < -0.39 is 29.3 Å². The first-order chi connectivity index (χ1) is 16.9. The summed E-state index contributed by atoms with van der Waals surface area (Å²) in [4.78, 5) is 16.8. The van der Waals surface area contributed by atoms with Crippen molar-refractivity contribution in [3.8, 4) is 16.9 Å². The molecule has 0 aliphatic heterocycles. The van der Waals surface area contributed by atoms with E-state index in [1.807, 2.05) is 30.3 Å². The molecule has 0 aliphatic carbocycles. The Morgan fingerprint density at radius 3 is 2.36 bits per heavy atom. The van der Waals surface area contributed by atoms with E-state index in [2.05, 4.69) is 4.98 Å². The van der Waals surface area contributed by atoms with Crippen molar-refractivity contribution in [3.63, 3.8) is 0 Å². The van der Waals surface area contributed by atoms with Gasteiger partial charge in [-0.05, 0) is 51.0 Å². The predicted molar refractivity (Wildman–Crippen MR) is 134 cm³/mol. The lowest BCUT2D eigenvalue weighted by atomic mass is 9.80. The van der Waals surface area contributed by atoms with Gasteiger partial charge < -0.3 is 19.2 Å². The van der Waals surface area contributed by atoms with Gasteiger partial charge in [0.15, 0.2) is 0 Å². The second-order valence-electron chi connectivity index (χ2n) is 9.28. The molecule has 0 fully saturated rings. The minimum atomic E-state index is -2.81. The zero-order valence-electron chi connectivity index (χ0n) is 20.9. The molecule has 1 aromatic heterocycles. The Morgan fingerprint density at radius 1 is 1.06 bits per heavy atom. The lowest BCUT2D eigenvalue weighted by Crippen LogP contribution is -2.49. The summed E-state index contributed by atoms with van der Waals surface area (Å²) >= 11 is 0. The molecule has 0 saturated heterocycles. The number of carbonyl (C=O) groups is 1. The molecule has 0 bridgehead atoms. The van der Waals surface area contributed by atoms with Crippen molar-refractivity contribution in [3.05, 3.63) is 77.6 Å². The first kappa shape index (κ1) is 27.3. The molecule has 2 aromatic carbocycles. The number of hydrogen-bond acceptors (Lipinski definition) is 6. The van der Waals surface area contributed by atoms with Gasteiger partial charge >= 0.3 is 13.5 Å². The minimum Gasteiger partial charge on any atom is -0.494 e. The summed E-state index contributed by atoms with van der Waals surface area (Å²) in [7, 11) is 2.84. The third-order valence-corrected chi connectivity index (χ3v) is 6.06. The molecule has 3 aromatic rings. The third-order valence-electron chi connectivity index (χ3n) is 6.06. The standard InChI is InChI=1S/C27H29BF2NO5/c1-26(2,33)27(3,4)36-28-18-11-12-19(25(32)35-16-17-9-7-6-8-10-17)20(13-18)21-14-22(24(29)30)31-15-23(21)34-5/h6-15,24,33H,16H2,1-5H3. The summed E-state index contributed by atoms with van der Waals surface area (Å²) in [5.41, 5.74) is -0.455. The van der Waals surface area contributed by atoms with Gasteiger partial charge in [0.2, 0.25) is 0 Å². The van der Waals surface area contributed by atoms with Gasteiger partial charge in [-0.25, -0.2) is 13.6 Å². The molecule has 6 nitrogen and oxygen atoms in total. The van der Waals surface area contributed by atoms with Gasteiger partial charge in [-0.1, -0.05) is 47.9 Å². The van der Waals surface area contributed by atoms with Gasteiger partial charge in [0.25, 0.3) is 6.43 Å². The van der Waals surface area contributed by atoms with E-state index in [0.29, 0.717) is 11.0 Å². The van der Waals surface area contributed by atoms with Crippen molar-refractivity contribution in [1.82, 2.24) is 4.98 Å². The number of aromatic nitrogens is 1. The number of benzene rings is 2. The van der Waals surface area contributed by atoms with Crippen molar-refractivity contribution in [2.24, 2.45) is 0 Å². The second kappa shape index (κ2) is 11.2. The van der Waals surface area contributed by atoms with E-state index in [9.17, 15) is 18.7 Å². The number of pyridine rings is 1. The first-order valence-corrected chi connectivity index (χ1v) is 11.3. The highest BCUT2D eigenvalue weighted by molar-refractivity contribution is 6.47. The molecule has 0 aliphatic rings. The van der Waals surface area contributed by atoms with Crippen LogP contribution in [0.1, 0.15) is 55.7 Å². The Labute approximate surface area is 210 Å². The van der Waals surface area contributed by atoms with E-state index in [-0.39, 0.29) is 23.5 Å². The van der Waals surface area contributed by atoms with Crippen LogP contribution in [0, 0.1) is 0 Å². The summed E-state index contributed by atoms with van der Waals surface area (Å²) in [5.74, 6) is -0.415. The normalized spacial score (nSPS) is 11.9. The molecule has 0 amide bonds. The maximum absolute atomic E-state index is 13.5. The topological polar surface area (TPSA) is 77.9 Å². The highest BCUT2D eigenvalue weighted by Gasteiger charge is 2.35. The Balaban J connectivity index is 2.02. The van der Waals surface area contributed by atoms with Crippen molar-refractivity contribution < 1.29 is 32.8 Å². The van der Waals surface area contributed by atoms with E-state index in [0.717, 1.165) is 5.56 Å². The number of halogens is 2. The Hall–Kier alpha value is -3.30. The van der Waals surface area contributed by atoms with Crippen LogP contribution in [0.4, 0.5) is 8.78 Å². The van der Waals surface area contributed by atoms with Crippen LogP contribution in [0.2, 0.25) is 0 Å². The van der Waals surface area contributed by atoms with Gasteiger partial charge in [-0.3, -0.25) is 4.98 Å². The van der Waals surface area contributed by atoms with E-state index >= 15 is 0 Å².